The lowest BCUT2D eigenvalue weighted by molar-refractivity contribution is -0.140. The van der Waals surface area contributed by atoms with Gasteiger partial charge in [0.05, 0.1) is 10.6 Å². The summed E-state index contributed by atoms with van der Waals surface area (Å²) in [4.78, 5) is 30.1. The molecule has 0 aliphatic rings. The van der Waals surface area contributed by atoms with Crippen LogP contribution in [0, 0.1) is 26.7 Å². The van der Waals surface area contributed by atoms with Crippen molar-refractivity contribution in [2.45, 2.75) is 58.5 Å². The summed E-state index contributed by atoms with van der Waals surface area (Å²) in [6.07, 6.45) is 0.231. The molecule has 0 heterocycles. The van der Waals surface area contributed by atoms with E-state index in [1.54, 1.807) is 48.5 Å². The van der Waals surface area contributed by atoms with Crippen molar-refractivity contribution in [1.29, 1.82) is 0 Å². The number of sulfonamides is 1. The lowest BCUT2D eigenvalue weighted by atomic mass is 10.0. The van der Waals surface area contributed by atoms with Crippen molar-refractivity contribution in [2.75, 3.05) is 17.4 Å². The third-order valence-electron chi connectivity index (χ3n) is 7.76. The summed E-state index contributed by atoms with van der Waals surface area (Å²) in [5, 5.41) is 3.45. The van der Waals surface area contributed by atoms with Crippen LogP contribution in [0.3, 0.4) is 0 Å². The van der Waals surface area contributed by atoms with E-state index in [1.807, 2.05) is 83.1 Å². The molecule has 4 aromatic carbocycles. The smallest absolute Gasteiger partial charge is 0.264 e. The summed E-state index contributed by atoms with van der Waals surface area (Å²) in [5.74, 6) is -0.665. The Kier molecular flexibility index (Phi) is 11.7. The molecule has 0 radical (unpaired) electrons. The van der Waals surface area contributed by atoms with E-state index in [2.05, 4.69) is 5.32 Å². The van der Waals surface area contributed by atoms with E-state index in [0.29, 0.717) is 28.4 Å². The lowest BCUT2D eigenvalue weighted by Crippen LogP contribution is -2.53. The SMILES string of the molecule is Cc1ccc(S(=O)(=O)N(CC(=O)N(Cc2ccccc2Cl)[C@H](Cc2ccccc2)C(=O)NCC(C)C)c2ccc(C)cc2C)cc1. The molecule has 4 aromatic rings. The van der Waals surface area contributed by atoms with Gasteiger partial charge in [0.2, 0.25) is 11.8 Å². The normalized spacial score (nSPS) is 12.1. The molecule has 1 N–H and O–H groups in total. The van der Waals surface area contributed by atoms with E-state index in [-0.39, 0.29) is 29.7 Å². The topological polar surface area (TPSA) is 86.8 Å². The van der Waals surface area contributed by atoms with Gasteiger partial charge in [-0.3, -0.25) is 13.9 Å². The molecular formula is C37H42ClN3O4S. The standard InChI is InChI=1S/C37H42ClN3O4S/c1-26(2)23-39-37(43)35(22-30-11-7-6-8-12-30)40(24-31-13-9-10-14-33(31)38)36(42)25-41(34-20-17-28(4)21-29(34)5)46(44,45)32-18-15-27(3)16-19-32/h6-21,26,35H,22-25H2,1-5H3,(H,39,43)/t35-/m1/s1. The third-order valence-corrected chi connectivity index (χ3v) is 9.91. The molecule has 0 bridgehead atoms. The molecular weight excluding hydrogens is 618 g/mol. The highest BCUT2D eigenvalue weighted by molar-refractivity contribution is 7.92. The van der Waals surface area contributed by atoms with Crippen molar-refractivity contribution in [2.24, 2.45) is 5.92 Å². The minimum atomic E-state index is -4.18. The molecule has 46 heavy (non-hydrogen) atoms. The molecule has 0 aliphatic carbocycles. The number of nitrogens with one attached hydrogen (secondary N) is 1. The van der Waals surface area contributed by atoms with Crippen LogP contribution in [0.5, 0.6) is 0 Å². The molecule has 7 nitrogen and oxygen atoms in total. The van der Waals surface area contributed by atoms with E-state index in [0.717, 1.165) is 21.0 Å². The Balaban J connectivity index is 1.83. The molecule has 4 rings (SSSR count). The van der Waals surface area contributed by atoms with Gasteiger partial charge in [0.15, 0.2) is 0 Å². The first-order valence-electron chi connectivity index (χ1n) is 15.4. The zero-order chi connectivity index (χ0) is 33.4. The fraction of sp³-hybridized carbons (Fsp3) is 0.297. The number of halogens is 1. The minimum absolute atomic E-state index is 0.0103. The summed E-state index contributed by atoms with van der Waals surface area (Å²) in [5.41, 5.74) is 4.48. The van der Waals surface area contributed by atoms with Crippen molar-refractivity contribution in [3.05, 3.63) is 130 Å². The first-order chi connectivity index (χ1) is 21.9. The van der Waals surface area contributed by atoms with Gasteiger partial charge in [0, 0.05) is 24.5 Å². The first-order valence-corrected chi connectivity index (χ1v) is 17.2. The van der Waals surface area contributed by atoms with Gasteiger partial charge in [-0.25, -0.2) is 8.42 Å². The molecule has 2 amide bonds. The van der Waals surface area contributed by atoms with Gasteiger partial charge < -0.3 is 10.2 Å². The van der Waals surface area contributed by atoms with Crippen molar-refractivity contribution < 1.29 is 18.0 Å². The van der Waals surface area contributed by atoms with Gasteiger partial charge in [0.25, 0.3) is 10.0 Å². The van der Waals surface area contributed by atoms with Crippen LogP contribution in [0.1, 0.15) is 41.7 Å². The fourth-order valence-corrected chi connectivity index (χ4v) is 6.90. The van der Waals surface area contributed by atoms with E-state index < -0.39 is 28.5 Å². The Labute approximate surface area is 278 Å². The Hall–Kier alpha value is -4.14. The largest absolute Gasteiger partial charge is 0.354 e. The molecule has 0 aromatic heterocycles. The Bertz CT molecular complexity index is 1760. The van der Waals surface area contributed by atoms with Crippen LogP contribution in [0.25, 0.3) is 0 Å². The van der Waals surface area contributed by atoms with Crippen LogP contribution in [0.2, 0.25) is 5.02 Å². The monoisotopic (exact) mass is 659 g/mol. The first kappa shape index (κ1) is 34.7. The Morgan fingerprint density at radius 1 is 0.826 bits per heavy atom. The number of hydrogen-bond donors (Lipinski definition) is 1. The minimum Gasteiger partial charge on any atom is -0.354 e. The van der Waals surface area contributed by atoms with E-state index in [4.69, 9.17) is 11.6 Å². The van der Waals surface area contributed by atoms with Crippen molar-refractivity contribution in [1.82, 2.24) is 10.2 Å². The van der Waals surface area contributed by atoms with Gasteiger partial charge in [-0.2, -0.15) is 0 Å². The van der Waals surface area contributed by atoms with Gasteiger partial charge in [-0.05, 0) is 67.6 Å². The molecule has 0 aliphatic heterocycles. The zero-order valence-electron chi connectivity index (χ0n) is 27.0. The average molecular weight is 660 g/mol. The summed E-state index contributed by atoms with van der Waals surface area (Å²) < 4.78 is 29.7. The number of amides is 2. The second-order valence-corrected chi connectivity index (χ2v) is 14.3. The summed E-state index contributed by atoms with van der Waals surface area (Å²) in [6.45, 7) is 9.54. The van der Waals surface area contributed by atoms with Crippen LogP contribution in [-0.4, -0.2) is 44.3 Å². The highest BCUT2D eigenvalue weighted by Gasteiger charge is 2.35. The predicted molar refractivity (Wildman–Crippen MR) is 185 cm³/mol. The van der Waals surface area contributed by atoms with Crippen LogP contribution in [0.15, 0.2) is 102 Å². The highest BCUT2D eigenvalue weighted by atomic mass is 35.5. The van der Waals surface area contributed by atoms with Crippen LogP contribution >= 0.6 is 11.6 Å². The fourth-order valence-electron chi connectivity index (χ4n) is 5.22. The average Bonchev–Trinajstić information content (AvgIpc) is 3.02. The molecule has 0 fully saturated rings. The molecule has 1 atom stereocenters. The highest BCUT2D eigenvalue weighted by Crippen LogP contribution is 2.29. The number of nitrogens with zero attached hydrogens (tertiary/aromatic N) is 2. The second-order valence-electron chi connectivity index (χ2n) is 12.1. The summed E-state index contributed by atoms with van der Waals surface area (Å²) in [6, 6.07) is 27.7. The number of hydrogen-bond acceptors (Lipinski definition) is 4. The molecule has 0 spiro atoms. The van der Waals surface area contributed by atoms with Crippen LogP contribution in [0.4, 0.5) is 5.69 Å². The summed E-state index contributed by atoms with van der Waals surface area (Å²) in [7, 11) is -4.18. The number of carbonyl (C=O) groups is 2. The van der Waals surface area contributed by atoms with Gasteiger partial charge in [-0.15, -0.1) is 0 Å². The van der Waals surface area contributed by atoms with Gasteiger partial charge >= 0.3 is 0 Å². The third kappa shape index (κ3) is 8.77. The van der Waals surface area contributed by atoms with E-state index in [9.17, 15) is 18.0 Å². The summed E-state index contributed by atoms with van der Waals surface area (Å²) >= 11 is 6.58. The second kappa shape index (κ2) is 15.4. The number of benzene rings is 4. The van der Waals surface area contributed by atoms with Gasteiger partial charge in [0.1, 0.15) is 12.6 Å². The van der Waals surface area contributed by atoms with Gasteiger partial charge in [-0.1, -0.05) is 109 Å². The molecule has 9 heteroatoms. The van der Waals surface area contributed by atoms with Crippen LogP contribution < -0.4 is 9.62 Å². The Morgan fingerprint density at radius 3 is 2.09 bits per heavy atom. The molecule has 242 valence electrons. The van der Waals surface area contributed by atoms with E-state index >= 15 is 0 Å². The molecule has 0 saturated heterocycles. The molecule has 0 saturated carbocycles. The van der Waals surface area contributed by atoms with Crippen molar-refractivity contribution in [3.8, 4) is 0 Å². The number of rotatable bonds is 13. The number of aryl methyl sites for hydroxylation is 3. The zero-order valence-corrected chi connectivity index (χ0v) is 28.6. The number of anilines is 1. The maximum Gasteiger partial charge on any atom is 0.264 e. The lowest BCUT2D eigenvalue weighted by Gasteiger charge is -2.34. The van der Waals surface area contributed by atoms with Crippen molar-refractivity contribution in [3.63, 3.8) is 0 Å². The quantitative estimate of drug-likeness (QED) is 0.170. The molecule has 0 unspecified atom stereocenters. The predicted octanol–water partition coefficient (Wildman–Crippen LogP) is 6.87. The van der Waals surface area contributed by atoms with Crippen molar-refractivity contribution >= 4 is 39.1 Å². The number of carbonyl (C=O) groups excluding carboxylic acids is 2. The van der Waals surface area contributed by atoms with Crippen LogP contribution in [-0.2, 0) is 32.6 Å². The maximum absolute atomic E-state index is 14.6. The Morgan fingerprint density at radius 2 is 1.46 bits per heavy atom. The van der Waals surface area contributed by atoms with E-state index in [1.165, 1.54) is 4.90 Å². The maximum atomic E-state index is 14.6.